The minimum atomic E-state index is 0. The summed E-state index contributed by atoms with van der Waals surface area (Å²) in [5.41, 5.74) is 7.96. The molecular formula is C39H24N4OPt. The van der Waals surface area contributed by atoms with Crippen LogP contribution in [-0.2, 0) is 21.1 Å². The second kappa shape index (κ2) is 10.7. The van der Waals surface area contributed by atoms with E-state index in [0.717, 1.165) is 71.9 Å². The van der Waals surface area contributed by atoms with E-state index in [1.165, 1.54) is 0 Å². The number of hydrogen-bond donors (Lipinski definition) is 0. The Morgan fingerprint density at radius 1 is 0.600 bits per heavy atom. The average Bonchev–Trinajstić information content (AvgIpc) is 3.60. The van der Waals surface area contributed by atoms with Gasteiger partial charge in [-0.25, -0.2) is 4.98 Å². The van der Waals surface area contributed by atoms with Gasteiger partial charge in [-0.3, -0.25) is 4.98 Å². The van der Waals surface area contributed by atoms with Crippen molar-refractivity contribution in [2.45, 2.75) is 6.92 Å². The molecule has 0 radical (unpaired) electrons. The number of hydrogen-bond acceptors (Lipinski definition) is 3. The van der Waals surface area contributed by atoms with Crippen LogP contribution in [-0.4, -0.2) is 18.9 Å². The molecule has 4 heterocycles. The number of benzene rings is 5. The van der Waals surface area contributed by atoms with Crippen molar-refractivity contribution in [3.63, 3.8) is 0 Å². The molecule has 0 bridgehead atoms. The number of para-hydroxylation sites is 2. The molecule has 6 heteroatoms. The Bertz CT molecular complexity index is 2500. The van der Waals surface area contributed by atoms with Crippen LogP contribution in [0.15, 0.2) is 128 Å². The summed E-state index contributed by atoms with van der Waals surface area (Å²) in [7, 11) is 0. The first-order chi connectivity index (χ1) is 21.7. The summed E-state index contributed by atoms with van der Waals surface area (Å²) in [6.45, 7) is 2.07. The number of aromatic nitrogens is 4. The van der Waals surface area contributed by atoms with Gasteiger partial charge in [0.25, 0.3) is 0 Å². The molecule has 0 unspecified atom stereocenters. The molecule has 216 valence electrons. The van der Waals surface area contributed by atoms with Crippen LogP contribution in [0.3, 0.4) is 0 Å². The maximum atomic E-state index is 6.45. The van der Waals surface area contributed by atoms with E-state index in [-0.39, 0.29) is 21.1 Å². The average molecular weight is 760 g/mol. The van der Waals surface area contributed by atoms with Gasteiger partial charge in [0.2, 0.25) is 0 Å². The zero-order chi connectivity index (χ0) is 29.2. The van der Waals surface area contributed by atoms with Crippen molar-refractivity contribution < 1.29 is 25.8 Å². The normalized spacial score (nSPS) is 11.5. The summed E-state index contributed by atoms with van der Waals surface area (Å²) < 4.78 is 10.8. The Labute approximate surface area is 273 Å². The van der Waals surface area contributed by atoms with E-state index in [0.29, 0.717) is 11.5 Å². The van der Waals surface area contributed by atoms with Crippen LogP contribution in [0.25, 0.3) is 66.2 Å². The quantitative estimate of drug-likeness (QED) is 0.133. The molecule has 9 rings (SSSR count). The van der Waals surface area contributed by atoms with Crippen molar-refractivity contribution in [2.24, 2.45) is 0 Å². The van der Waals surface area contributed by atoms with Gasteiger partial charge in [-0.15, -0.1) is 30.3 Å². The molecule has 0 fully saturated rings. The molecule has 0 saturated heterocycles. The van der Waals surface area contributed by atoms with Gasteiger partial charge in [-0.2, -0.15) is 6.07 Å². The van der Waals surface area contributed by atoms with Crippen molar-refractivity contribution in [1.82, 2.24) is 18.9 Å². The minimum Gasteiger partial charge on any atom is -0.503 e. The van der Waals surface area contributed by atoms with Crippen LogP contribution < -0.4 is 4.74 Å². The first kappa shape index (κ1) is 27.3. The minimum absolute atomic E-state index is 0. The van der Waals surface area contributed by atoms with Gasteiger partial charge in [0.15, 0.2) is 0 Å². The number of fused-ring (bicyclic) bond motifs is 9. The van der Waals surface area contributed by atoms with Crippen LogP contribution in [0.5, 0.6) is 11.5 Å². The fraction of sp³-hybridized carbons (Fsp3) is 0.0256. The maximum Gasteiger partial charge on any atom is 2.00 e. The van der Waals surface area contributed by atoms with Gasteiger partial charge in [-0.05, 0) is 42.1 Å². The monoisotopic (exact) mass is 759 g/mol. The van der Waals surface area contributed by atoms with Gasteiger partial charge in [0.05, 0.1) is 22.6 Å². The Morgan fingerprint density at radius 3 is 2.16 bits per heavy atom. The van der Waals surface area contributed by atoms with E-state index in [1.54, 1.807) is 0 Å². The van der Waals surface area contributed by atoms with Crippen LogP contribution in [0.1, 0.15) is 5.69 Å². The van der Waals surface area contributed by atoms with E-state index in [4.69, 9.17) is 14.7 Å². The Morgan fingerprint density at radius 2 is 1.31 bits per heavy atom. The number of rotatable bonds is 4. The molecule has 45 heavy (non-hydrogen) atoms. The molecule has 0 saturated carbocycles. The Hall–Kier alpha value is -5.25. The predicted octanol–water partition coefficient (Wildman–Crippen LogP) is 9.50. The fourth-order valence-corrected chi connectivity index (χ4v) is 6.48. The molecule has 0 N–H and O–H groups in total. The maximum absolute atomic E-state index is 6.45. The number of ether oxygens (including phenoxy) is 1. The third-order valence-corrected chi connectivity index (χ3v) is 8.32. The Kier molecular flexibility index (Phi) is 6.51. The molecule has 0 aliphatic rings. The summed E-state index contributed by atoms with van der Waals surface area (Å²) in [5, 5.41) is 5.39. The fourth-order valence-electron chi connectivity index (χ4n) is 6.48. The van der Waals surface area contributed by atoms with Gasteiger partial charge in [0.1, 0.15) is 5.65 Å². The molecular weight excluding hydrogens is 736 g/mol. The predicted molar refractivity (Wildman–Crippen MR) is 177 cm³/mol. The second-order valence-corrected chi connectivity index (χ2v) is 10.9. The van der Waals surface area contributed by atoms with Gasteiger partial charge in [0, 0.05) is 34.0 Å². The SMILES string of the molecule is Cc1nc2c3[c-]c(Oc4[c-]c(-n5c6ccccc6c6cccnc65)ccc4)ccc3c3ccccc3n2c1-c1ccccc1.[Pt+2]. The molecule has 9 aromatic rings. The van der Waals surface area contributed by atoms with Crippen LogP contribution in [0.2, 0.25) is 0 Å². The molecule has 5 nitrogen and oxygen atoms in total. The largest absolute Gasteiger partial charge is 2.00 e. The van der Waals surface area contributed by atoms with Crippen LogP contribution >= 0.6 is 0 Å². The van der Waals surface area contributed by atoms with E-state index >= 15 is 0 Å². The zero-order valence-corrected chi connectivity index (χ0v) is 26.4. The number of aryl methyl sites for hydroxylation is 1. The van der Waals surface area contributed by atoms with Crippen molar-refractivity contribution in [2.75, 3.05) is 0 Å². The van der Waals surface area contributed by atoms with E-state index in [9.17, 15) is 0 Å². The number of nitrogens with zero attached hydrogens (tertiary/aromatic N) is 4. The van der Waals surface area contributed by atoms with Crippen molar-refractivity contribution in [3.8, 4) is 28.4 Å². The van der Waals surface area contributed by atoms with E-state index in [2.05, 4.69) is 107 Å². The summed E-state index contributed by atoms with van der Waals surface area (Å²) >= 11 is 0. The molecule has 0 aliphatic heterocycles. The standard InChI is InChI=1S/C39H24N4O.Pt/c1-25-37(26-11-3-2-4-12-26)43-36-19-8-5-15-31(36)30-21-20-29(24-34(30)39(43)41-25)44-28-14-9-13-27(23-28)42-35-18-7-6-16-32(35)33-17-10-22-40-38(33)42;/h2-22H,1H3;/q-2;+2. The van der Waals surface area contributed by atoms with Crippen molar-refractivity contribution >= 4 is 49.3 Å². The van der Waals surface area contributed by atoms with Crippen molar-refractivity contribution in [1.29, 1.82) is 0 Å². The summed E-state index contributed by atoms with van der Waals surface area (Å²) in [4.78, 5) is 9.79. The van der Waals surface area contributed by atoms with Crippen LogP contribution in [0, 0.1) is 19.1 Å². The first-order valence-electron chi connectivity index (χ1n) is 14.6. The number of pyridine rings is 2. The second-order valence-electron chi connectivity index (χ2n) is 10.9. The summed E-state index contributed by atoms with van der Waals surface area (Å²) in [6.07, 6.45) is 1.83. The van der Waals surface area contributed by atoms with Gasteiger partial charge < -0.3 is 13.7 Å². The summed E-state index contributed by atoms with van der Waals surface area (Å²) in [6, 6.07) is 48.4. The topological polar surface area (TPSA) is 44.3 Å². The molecule has 0 atom stereocenters. The van der Waals surface area contributed by atoms with Gasteiger partial charge in [-0.1, -0.05) is 89.3 Å². The van der Waals surface area contributed by atoms with E-state index in [1.807, 2.05) is 48.7 Å². The first-order valence-corrected chi connectivity index (χ1v) is 14.6. The molecule has 0 aliphatic carbocycles. The third-order valence-electron chi connectivity index (χ3n) is 8.32. The molecule has 4 aromatic heterocycles. The smallest absolute Gasteiger partial charge is 0.503 e. The molecule has 5 aromatic carbocycles. The molecule has 0 amide bonds. The summed E-state index contributed by atoms with van der Waals surface area (Å²) in [5.74, 6) is 1.20. The van der Waals surface area contributed by atoms with E-state index < -0.39 is 0 Å². The van der Waals surface area contributed by atoms with Crippen LogP contribution in [0.4, 0.5) is 0 Å². The van der Waals surface area contributed by atoms with Crippen molar-refractivity contribution in [3.05, 3.63) is 145 Å². The zero-order valence-electron chi connectivity index (χ0n) is 24.1. The molecule has 0 spiro atoms. The van der Waals surface area contributed by atoms with Gasteiger partial charge >= 0.3 is 21.1 Å². The Balaban J connectivity index is 0.00000300. The third kappa shape index (κ3) is 4.27. The number of imidazole rings is 1.